The van der Waals surface area contributed by atoms with Gasteiger partial charge in [0.1, 0.15) is 23.2 Å². The van der Waals surface area contributed by atoms with Gasteiger partial charge in [-0.1, -0.05) is 0 Å². The second-order valence-electron chi connectivity index (χ2n) is 8.26. The molecule has 0 aliphatic rings. The molecule has 4 aromatic rings. The van der Waals surface area contributed by atoms with Crippen LogP contribution in [0.25, 0.3) is 5.69 Å². The molecule has 188 valence electrons. The smallest absolute Gasteiger partial charge is 0.272 e. The lowest BCUT2D eigenvalue weighted by atomic mass is 10.2. The van der Waals surface area contributed by atoms with Gasteiger partial charge in [-0.05, 0) is 43.3 Å². The SMILES string of the molecule is Cc1nn(C)cc1CN(C)C(=O)c1cnc(CSCc2c(F)ccc(F)c2F)n1-c1ccc(F)cc1. The highest BCUT2D eigenvalue weighted by Gasteiger charge is 2.23. The number of thioether (sulfide) groups is 1. The second-order valence-corrected chi connectivity index (χ2v) is 9.25. The summed E-state index contributed by atoms with van der Waals surface area (Å²) in [6.45, 7) is 2.17. The van der Waals surface area contributed by atoms with Crippen molar-refractivity contribution in [1.29, 1.82) is 0 Å². The van der Waals surface area contributed by atoms with Crippen molar-refractivity contribution in [3.63, 3.8) is 0 Å². The van der Waals surface area contributed by atoms with Gasteiger partial charge < -0.3 is 4.90 Å². The van der Waals surface area contributed by atoms with Crippen molar-refractivity contribution in [2.24, 2.45) is 7.05 Å². The highest BCUT2D eigenvalue weighted by atomic mass is 32.2. The zero-order valence-corrected chi connectivity index (χ0v) is 20.6. The van der Waals surface area contributed by atoms with Gasteiger partial charge in [-0.25, -0.2) is 22.5 Å². The standard InChI is InChI=1S/C25H23F4N5OS/c1-15-16(12-33(3)31-15)11-32(2)25(35)22-10-30-23(34(22)18-6-4-17(26)5-7-18)14-36-13-19-20(27)8-9-21(28)24(19)29/h4-10,12H,11,13-14H2,1-3H3. The van der Waals surface area contributed by atoms with Gasteiger partial charge in [-0.3, -0.25) is 14.0 Å². The maximum atomic E-state index is 14.0. The molecule has 0 atom stereocenters. The van der Waals surface area contributed by atoms with Gasteiger partial charge in [0, 0.05) is 49.4 Å². The fourth-order valence-electron chi connectivity index (χ4n) is 3.79. The Bertz CT molecular complexity index is 1400. The number of carbonyl (C=O) groups excluding carboxylic acids is 1. The molecule has 0 aliphatic carbocycles. The molecule has 0 saturated heterocycles. The fourth-order valence-corrected chi connectivity index (χ4v) is 4.75. The molecule has 1 amide bonds. The summed E-state index contributed by atoms with van der Waals surface area (Å²) < 4.78 is 58.4. The van der Waals surface area contributed by atoms with Crippen molar-refractivity contribution in [3.8, 4) is 5.69 Å². The first-order valence-corrected chi connectivity index (χ1v) is 12.1. The van der Waals surface area contributed by atoms with Crippen LogP contribution in [0.2, 0.25) is 0 Å². The van der Waals surface area contributed by atoms with Crippen LogP contribution >= 0.6 is 11.8 Å². The Morgan fingerprint density at radius 2 is 1.72 bits per heavy atom. The molecule has 4 rings (SSSR count). The van der Waals surface area contributed by atoms with Gasteiger partial charge in [-0.15, -0.1) is 11.8 Å². The van der Waals surface area contributed by atoms with Crippen molar-refractivity contribution in [1.82, 2.24) is 24.2 Å². The van der Waals surface area contributed by atoms with Gasteiger partial charge >= 0.3 is 0 Å². The van der Waals surface area contributed by atoms with Crippen LogP contribution in [-0.2, 0) is 25.1 Å². The van der Waals surface area contributed by atoms with Crippen LogP contribution < -0.4 is 0 Å². The number of aryl methyl sites for hydroxylation is 2. The Morgan fingerprint density at radius 3 is 2.39 bits per heavy atom. The van der Waals surface area contributed by atoms with E-state index in [2.05, 4.69) is 10.1 Å². The minimum absolute atomic E-state index is 0.144. The van der Waals surface area contributed by atoms with Gasteiger partial charge in [0.05, 0.1) is 17.6 Å². The average Bonchev–Trinajstić information content (AvgIpc) is 3.40. The summed E-state index contributed by atoms with van der Waals surface area (Å²) in [6, 6.07) is 7.17. The maximum Gasteiger partial charge on any atom is 0.272 e. The number of aromatic nitrogens is 4. The van der Waals surface area contributed by atoms with Gasteiger partial charge in [-0.2, -0.15) is 5.10 Å². The van der Waals surface area contributed by atoms with Gasteiger partial charge in [0.15, 0.2) is 11.6 Å². The Balaban J connectivity index is 1.60. The summed E-state index contributed by atoms with van der Waals surface area (Å²) in [5.41, 5.74) is 2.06. The lowest BCUT2D eigenvalue weighted by molar-refractivity contribution is 0.0776. The highest BCUT2D eigenvalue weighted by molar-refractivity contribution is 7.97. The molecule has 0 saturated carbocycles. The minimum atomic E-state index is -1.23. The summed E-state index contributed by atoms with van der Waals surface area (Å²) in [4.78, 5) is 19.3. The number of hydrogen-bond donors (Lipinski definition) is 0. The summed E-state index contributed by atoms with van der Waals surface area (Å²) in [5, 5.41) is 4.30. The quantitative estimate of drug-likeness (QED) is 0.239. The number of rotatable bonds is 8. The number of imidazole rings is 1. The first-order valence-electron chi connectivity index (χ1n) is 10.9. The van der Waals surface area contributed by atoms with E-state index in [0.29, 0.717) is 18.1 Å². The first kappa shape index (κ1) is 25.5. The molecule has 2 heterocycles. The van der Waals surface area contributed by atoms with E-state index < -0.39 is 23.3 Å². The molecule has 11 heteroatoms. The van der Waals surface area contributed by atoms with Crippen LogP contribution in [0.5, 0.6) is 0 Å². The normalized spacial score (nSPS) is 11.2. The van der Waals surface area contributed by atoms with E-state index >= 15 is 0 Å². The highest BCUT2D eigenvalue weighted by Crippen LogP contribution is 2.26. The van der Waals surface area contributed by atoms with Crippen LogP contribution in [0.1, 0.15) is 33.1 Å². The maximum absolute atomic E-state index is 14.0. The van der Waals surface area contributed by atoms with E-state index in [9.17, 15) is 22.4 Å². The van der Waals surface area contributed by atoms with E-state index in [1.807, 2.05) is 13.1 Å². The monoisotopic (exact) mass is 517 g/mol. The van der Waals surface area contributed by atoms with Gasteiger partial charge in [0.2, 0.25) is 0 Å². The zero-order valence-electron chi connectivity index (χ0n) is 19.8. The fraction of sp³-hybridized carbons (Fsp3) is 0.240. The van der Waals surface area contributed by atoms with Crippen LogP contribution in [0.3, 0.4) is 0 Å². The number of amides is 1. The van der Waals surface area contributed by atoms with E-state index in [0.717, 1.165) is 35.2 Å². The third kappa shape index (κ3) is 5.30. The van der Waals surface area contributed by atoms with Crippen molar-refractivity contribution in [3.05, 3.63) is 100 Å². The summed E-state index contributed by atoms with van der Waals surface area (Å²) in [7, 11) is 3.45. The summed E-state index contributed by atoms with van der Waals surface area (Å²) in [6.07, 6.45) is 3.25. The van der Waals surface area contributed by atoms with E-state index in [1.54, 1.807) is 23.3 Å². The minimum Gasteiger partial charge on any atom is -0.336 e. The van der Waals surface area contributed by atoms with E-state index in [-0.39, 0.29) is 28.7 Å². The third-order valence-electron chi connectivity index (χ3n) is 5.62. The molecule has 36 heavy (non-hydrogen) atoms. The molecule has 2 aromatic carbocycles. The number of benzene rings is 2. The number of hydrogen-bond acceptors (Lipinski definition) is 4. The molecule has 6 nitrogen and oxygen atoms in total. The molecule has 0 aliphatic heterocycles. The Morgan fingerprint density at radius 1 is 1.03 bits per heavy atom. The Labute approximate surface area is 209 Å². The van der Waals surface area contributed by atoms with Crippen molar-refractivity contribution in [2.75, 3.05) is 7.05 Å². The summed E-state index contributed by atoms with van der Waals surface area (Å²) >= 11 is 1.11. The Hall–Kier alpha value is -3.60. The lowest BCUT2D eigenvalue weighted by Gasteiger charge is -2.19. The molecular weight excluding hydrogens is 494 g/mol. The van der Waals surface area contributed by atoms with Crippen molar-refractivity contribution < 1.29 is 22.4 Å². The molecule has 0 bridgehead atoms. The molecule has 0 spiro atoms. The van der Waals surface area contributed by atoms with E-state index in [4.69, 9.17) is 0 Å². The third-order valence-corrected chi connectivity index (χ3v) is 6.58. The summed E-state index contributed by atoms with van der Waals surface area (Å²) in [5.74, 6) is -3.53. The van der Waals surface area contributed by atoms with Crippen molar-refractivity contribution in [2.45, 2.75) is 25.0 Å². The van der Waals surface area contributed by atoms with Crippen LogP contribution in [0.15, 0.2) is 48.8 Å². The van der Waals surface area contributed by atoms with Gasteiger partial charge in [0.25, 0.3) is 5.91 Å². The average molecular weight is 518 g/mol. The van der Waals surface area contributed by atoms with Crippen LogP contribution in [0.4, 0.5) is 17.6 Å². The van der Waals surface area contributed by atoms with Crippen molar-refractivity contribution >= 4 is 17.7 Å². The zero-order chi connectivity index (χ0) is 26.0. The molecular formula is C25H23F4N5OS. The van der Waals surface area contributed by atoms with Crippen LogP contribution in [-0.4, -0.2) is 37.2 Å². The second kappa shape index (κ2) is 10.6. The number of halogens is 4. The topological polar surface area (TPSA) is 56.0 Å². The van der Waals surface area contributed by atoms with Crippen LogP contribution in [0, 0.1) is 30.2 Å². The lowest BCUT2D eigenvalue weighted by Crippen LogP contribution is -2.28. The number of nitrogens with zero attached hydrogens (tertiary/aromatic N) is 5. The predicted octanol–water partition coefficient (Wildman–Crippen LogP) is 5.18. The largest absolute Gasteiger partial charge is 0.336 e. The molecule has 0 fully saturated rings. The molecule has 0 radical (unpaired) electrons. The molecule has 0 unspecified atom stereocenters. The first-order chi connectivity index (χ1) is 17.2. The predicted molar refractivity (Wildman–Crippen MR) is 129 cm³/mol. The molecule has 2 aromatic heterocycles. The molecule has 0 N–H and O–H groups in total. The Kier molecular flexibility index (Phi) is 7.48. The number of carbonyl (C=O) groups is 1. The van der Waals surface area contributed by atoms with E-state index in [1.165, 1.54) is 35.4 Å².